The highest BCUT2D eigenvalue weighted by atomic mass is 35.5. The molecule has 16 heavy (non-hydrogen) atoms. The lowest BCUT2D eigenvalue weighted by Crippen LogP contribution is -2.35. The van der Waals surface area contributed by atoms with Crippen LogP contribution in [0.3, 0.4) is 0 Å². The number of nitrogens with zero attached hydrogens (tertiary/aromatic N) is 1. The minimum absolute atomic E-state index is 0. The number of nitrogens with one attached hydrogen (secondary N) is 2. The molecule has 0 radical (unpaired) electrons. The number of halogens is 1. The number of aryl methyl sites for hydroxylation is 2. The van der Waals surface area contributed by atoms with Gasteiger partial charge >= 0.3 is 0 Å². The van der Waals surface area contributed by atoms with Crippen LogP contribution in [0.1, 0.15) is 23.5 Å². The summed E-state index contributed by atoms with van der Waals surface area (Å²) in [5.41, 5.74) is 0.906. The first-order chi connectivity index (χ1) is 7.16. The van der Waals surface area contributed by atoms with E-state index in [1.165, 1.54) is 11.3 Å². The van der Waals surface area contributed by atoms with E-state index in [1.54, 1.807) is 0 Å². The number of carbonyl (C=O) groups excluding carboxylic acids is 1. The fraction of sp³-hybridized carbons (Fsp3) is 0.600. The molecule has 0 saturated carbocycles. The van der Waals surface area contributed by atoms with Gasteiger partial charge in [-0.25, -0.2) is 4.98 Å². The van der Waals surface area contributed by atoms with E-state index in [0.29, 0.717) is 0 Å². The van der Waals surface area contributed by atoms with E-state index >= 15 is 0 Å². The highest BCUT2D eigenvalue weighted by Gasteiger charge is 2.22. The minimum atomic E-state index is -0.0215. The summed E-state index contributed by atoms with van der Waals surface area (Å²) in [6.45, 7) is 4.81. The first-order valence-electron chi connectivity index (χ1n) is 5.15. The maximum atomic E-state index is 11.8. The average molecular weight is 262 g/mol. The van der Waals surface area contributed by atoms with Crippen molar-refractivity contribution in [2.75, 3.05) is 11.9 Å². The van der Waals surface area contributed by atoms with Crippen LogP contribution in [0, 0.1) is 13.8 Å². The molecule has 1 aliphatic heterocycles. The Morgan fingerprint density at radius 2 is 2.31 bits per heavy atom. The van der Waals surface area contributed by atoms with E-state index in [9.17, 15) is 4.79 Å². The zero-order valence-corrected chi connectivity index (χ0v) is 11.0. The predicted octanol–water partition coefficient (Wildman–Crippen LogP) is 1.87. The molecule has 1 aromatic heterocycles. The van der Waals surface area contributed by atoms with Gasteiger partial charge in [0.15, 0.2) is 0 Å². The summed E-state index contributed by atoms with van der Waals surface area (Å²) in [6.07, 6.45) is 2.02. The van der Waals surface area contributed by atoms with Crippen LogP contribution in [0.25, 0.3) is 0 Å². The molecule has 90 valence electrons. The van der Waals surface area contributed by atoms with Crippen LogP contribution in [-0.2, 0) is 4.79 Å². The van der Waals surface area contributed by atoms with E-state index in [2.05, 4.69) is 15.6 Å². The molecule has 4 nitrogen and oxygen atoms in total. The smallest absolute Gasteiger partial charge is 0.242 e. The molecule has 2 heterocycles. The van der Waals surface area contributed by atoms with Gasteiger partial charge in [0.1, 0.15) is 5.00 Å². The highest BCUT2D eigenvalue weighted by Crippen LogP contribution is 2.23. The number of carbonyl (C=O) groups is 1. The summed E-state index contributed by atoms with van der Waals surface area (Å²) in [5, 5.41) is 7.97. The quantitative estimate of drug-likeness (QED) is 0.855. The number of hydrogen-bond acceptors (Lipinski definition) is 4. The van der Waals surface area contributed by atoms with Crippen molar-refractivity contribution in [2.24, 2.45) is 0 Å². The topological polar surface area (TPSA) is 54.0 Å². The fourth-order valence-electron chi connectivity index (χ4n) is 1.75. The van der Waals surface area contributed by atoms with Crippen molar-refractivity contribution in [3.63, 3.8) is 0 Å². The van der Waals surface area contributed by atoms with Gasteiger partial charge in [-0.2, -0.15) is 0 Å². The molecular weight excluding hydrogens is 246 g/mol. The number of anilines is 1. The van der Waals surface area contributed by atoms with Crippen molar-refractivity contribution in [3.8, 4) is 0 Å². The molecule has 0 bridgehead atoms. The van der Waals surface area contributed by atoms with Crippen molar-refractivity contribution in [2.45, 2.75) is 32.7 Å². The van der Waals surface area contributed by atoms with Crippen molar-refractivity contribution in [1.82, 2.24) is 10.3 Å². The monoisotopic (exact) mass is 261 g/mol. The second-order valence-electron chi connectivity index (χ2n) is 3.79. The molecule has 2 N–H and O–H groups in total. The third kappa shape index (κ3) is 2.93. The maximum Gasteiger partial charge on any atom is 0.242 e. The number of rotatable bonds is 2. The number of aromatic nitrogens is 1. The van der Waals surface area contributed by atoms with Gasteiger partial charge in [0.05, 0.1) is 16.7 Å². The van der Waals surface area contributed by atoms with Crippen LogP contribution >= 0.6 is 23.7 Å². The highest BCUT2D eigenvalue weighted by molar-refractivity contribution is 7.16. The SMILES string of the molecule is Cc1nc(C)c(NC(=O)C2CCCN2)s1.Cl. The Morgan fingerprint density at radius 1 is 1.56 bits per heavy atom. The fourth-order valence-corrected chi connectivity index (χ4v) is 2.58. The Bertz CT molecular complexity index is 374. The molecule has 0 aromatic carbocycles. The zero-order chi connectivity index (χ0) is 10.8. The summed E-state index contributed by atoms with van der Waals surface area (Å²) in [5.74, 6) is 0.0688. The van der Waals surface area contributed by atoms with E-state index in [1.807, 2.05) is 13.8 Å². The molecule has 1 saturated heterocycles. The van der Waals surface area contributed by atoms with E-state index in [0.717, 1.165) is 35.1 Å². The van der Waals surface area contributed by atoms with Crippen molar-refractivity contribution < 1.29 is 4.79 Å². The summed E-state index contributed by atoms with van der Waals surface area (Å²) in [4.78, 5) is 16.1. The Labute approximate surface area is 105 Å². The lowest BCUT2D eigenvalue weighted by atomic mass is 10.2. The standard InChI is InChI=1S/C10H15N3OS.ClH/c1-6-10(15-7(2)12-6)13-9(14)8-4-3-5-11-8;/h8,11H,3-5H2,1-2H3,(H,13,14);1H. The first kappa shape index (κ1) is 13.4. The number of thiazole rings is 1. The summed E-state index contributed by atoms with van der Waals surface area (Å²) < 4.78 is 0. The average Bonchev–Trinajstić information content (AvgIpc) is 2.76. The molecule has 1 aliphatic rings. The Hall–Kier alpha value is -0.650. The third-order valence-corrected chi connectivity index (χ3v) is 3.51. The normalized spacial score (nSPS) is 19.2. The van der Waals surface area contributed by atoms with Gasteiger partial charge in [0.25, 0.3) is 0 Å². The molecule has 1 unspecified atom stereocenters. The molecule has 1 aromatic rings. The number of hydrogen-bond donors (Lipinski definition) is 2. The van der Waals surface area contributed by atoms with Crippen LogP contribution in [0.5, 0.6) is 0 Å². The van der Waals surface area contributed by atoms with Gasteiger partial charge in [0, 0.05) is 0 Å². The van der Waals surface area contributed by atoms with Gasteiger partial charge < -0.3 is 10.6 Å². The largest absolute Gasteiger partial charge is 0.315 e. The van der Waals surface area contributed by atoms with Gasteiger partial charge in [0.2, 0.25) is 5.91 Å². The zero-order valence-electron chi connectivity index (χ0n) is 9.37. The molecule has 1 amide bonds. The summed E-state index contributed by atoms with van der Waals surface area (Å²) in [7, 11) is 0. The lowest BCUT2D eigenvalue weighted by Gasteiger charge is -2.09. The van der Waals surface area contributed by atoms with Crippen molar-refractivity contribution in [1.29, 1.82) is 0 Å². The van der Waals surface area contributed by atoms with Gasteiger partial charge in [-0.3, -0.25) is 4.79 Å². The maximum absolute atomic E-state index is 11.8. The molecule has 2 rings (SSSR count). The van der Waals surface area contributed by atoms with Crippen LogP contribution in [-0.4, -0.2) is 23.5 Å². The first-order valence-corrected chi connectivity index (χ1v) is 5.97. The molecule has 6 heteroatoms. The van der Waals surface area contributed by atoms with E-state index in [-0.39, 0.29) is 24.4 Å². The second kappa shape index (κ2) is 5.61. The summed E-state index contributed by atoms with van der Waals surface area (Å²) >= 11 is 1.53. The molecular formula is C10H16ClN3OS. The van der Waals surface area contributed by atoms with Crippen LogP contribution < -0.4 is 10.6 Å². The van der Waals surface area contributed by atoms with Crippen LogP contribution in [0.4, 0.5) is 5.00 Å². The van der Waals surface area contributed by atoms with Crippen molar-refractivity contribution in [3.05, 3.63) is 10.7 Å². The Morgan fingerprint density at radius 3 is 2.81 bits per heavy atom. The van der Waals surface area contributed by atoms with Crippen LogP contribution in [0.15, 0.2) is 0 Å². The third-order valence-electron chi connectivity index (χ3n) is 2.52. The Balaban J connectivity index is 0.00000128. The van der Waals surface area contributed by atoms with Crippen LogP contribution in [0.2, 0.25) is 0 Å². The van der Waals surface area contributed by atoms with Gasteiger partial charge in [-0.1, -0.05) is 0 Å². The van der Waals surface area contributed by atoms with E-state index < -0.39 is 0 Å². The lowest BCUT2D eigenvalue weighted by molar-refractivity contribution is -0.117. The van der Waals surface area contributed by atoms with Crippen molar-refractivity contribution >= 4 is 34.7 Å². The molecule has 1 fully saturated rings. The van der Waals surface area contributed by atoms with E-state index in [4.69, 9.17) is 0 Å². The minimum Gasteiger partial charge on any atom is -0.315 e. The number of amides is 1. The predicted molar refractivity (Wildman–Crippen MR) is 68.5 cm³/mol. The Kier molecular flexibility index (Phi) is 4.70. The van der Waals surface area contributed by atoms with Gasteiger partial charge in [-0.05, 0) is 33.2 Å². The second-order valence-corrected chi connectivity index (χ2v) is 4.99. The molecule has 0 aliphatic carbocycles. The molecule has 0 spiro atoms. The molecule has 1 atom stereocenters. The van der Waals surface area contributed by atoms with Gasteiger partial charge in [-0.15, -0.1) is 23.7 Å². The summed E-state index contributed by atoms with van der Waals surface area (Å²) in [6, 6.07) is -0.0215.